The first kappa shape index (κ1) is 16.6. The van der Waals surface area contributed by atoms with Gasteiger partial charge in [0.05, 0.1) is 5.69 Å². The quantitative estimate of drug-likeness (QED) is 0.526. The van der Waals surface area contributed by atoms with E-state index < -0.39 is 0 Å². The summed E-state index contributed by atoms with van der Waals surface area (Å²) in [6.07, 6.45) is 13.1. The Morgan fingerprint density at radius 1 is 1.00 bits per heavy atom. The maximum atomic E-state index is 2.55. The summed E-state index contributed by atoms with van der Waals surface area (Å²) in [6, 6.07) is 15.5. The van der Waals surface area contributed by atoms with Gasteiger partial charge in [0.15, 0.2) is 0 Å². The highest BCUT2D eigenvalue weighted by molar-refractivity contribution is 5.96. The van der Waals surface area contributed by atoms with Crippen LogP contribution < -0.4 is 4.90 Å². The van der Waals surface area contributed by atoms with Crippen molar-refractivity contribution in [2.75, 3.05) is 4.90 Å². The lowest BCUT2D eigenvalue weighted by molar-refractivity contribution is 0.505. The van der Waals surface area contributed by atoms with Crippen LogP contribution in [-0.2, 0) is 0 Å². The number of nitrogens with zero attached hydrogens (tertiary/aromatic N) is 1. The summed E-state index contributed by atoms with van der Waals surface area (Å²) in [5, 5.41) is 2.64. The monoisotopic (exact) mass is 353 g/mol. The van der Waals surface area contributed by atoms with E-state index in [4.69, 9.17) is 0 Å². The zero-order chi connectivity index (χ0) is 18.6. The Balaban J connectivity index is 1.73. The smallest absolute Gasteiger partial charge is 0.0537 e. The lowest BCUT2D eigenvalue weighted by atomic mass is 9.78. The van der Waals surface area contributed by atoms with E-state index in [2.05, 4.69) is 92.4 Å². The SMILES string of the molecule is CC(C)(C)C1=CCC2C(=C1)N(c1cccc3ccccc13)C1=C2CCC=C1. The minimum Gasteiger partial charge on any atom is -0.313 e. The van der Waals surface area contributed by atoms with E-state index in [9.17, 15) is 0 Å². The summed E-state index contributed by atoms with van der Waals surface area (Å²) in [5.74, 6) is 0.537. The van der Waals surface area contributed by atoms with Crippen LogP contribution in [0.5, 0.6) is 0 Å². The average molecular weight is 354 g/mol. The van der Waals surface area contributed by atoms with Gasteiger partial charge in [-0.2, -0.15) is 0 Å². The summed E-state index contributed by atoms with van der Waals surface area (Å²) >= 11 is 0. The molecule has 136 valence electrons. The first-order valence-electron chi connectivity index (χ1n) is 10.1. The van der Waals surface area contributed by atoms with Gasteiger partial charge in [-0.25, -0.2) is 0 Å². The first-order valence-corrected chi connectivity index (χ1v) is 10.1. The molecule has 0 aromatic heterocycles. The number of hydrogen-bond donors (Lipinski definition) is 0. The van der Waals surface area contributed by atoms with Gasteiger partial charge in [0.25, 0.3) is 0 Å². The molecule has 2 aromatic rings. The molecule has 2 aromatic carbocycles. The Bertz CT molecular complexity index is 1030. The molecule has 0 fully saturated rings. The Hall–Kier alpha value is -2.54. The van der Waals surface area contributed by atoms with Crippen molar-refractivity contribution in [1.82, 2.24) is 0 Å². The zero-order valence-electron chi connectivity index (χ0n) is 16.5. The van der Waals surface area contributed by atoms with Gasteiger partial charge in [-0.05, 0) is 59.4 Å². The van der Waals surface area contributed by atoms with E-state index in [1.807, 2.05) is 0 Å². The van der Waals surface area contributed by atoms with Gasteiger partial charge < -0.3 is 4.90 Å². The number of fused-ring (bicyclic) bond motifs is 3. The molecule has 0 N–H and O–H groups in total. The van der Waals surface area contributed by atoms with Gasteiger partial charge in [-0.15, -0.1) is 0 Å². The highest BCUT2D eigenvalue weighted by Crippen LogP contribution is 2.50. The zero-order valence-corrected chi connectivity index (χ0v) is 16.5. The molecule has 1 heterocycles. The van der Waals surface area contributed by atoms with Crippen molar-refractivity contribution in [1.29, 1.82) is 0 Å². The maximum Gasteiger partial charge on any atom is 0.0537 e. The molecule has 0 saturated heterocycles. The van der Waals surface area contributed by atoms with Crippen LogP contribution in [0.15, 0.2) is 89.3 Å². The number of allylic oxidation sites excluding steroid dienone is 6. The van der Waals surface area contributed by atoms with Gasteiger partial charge in [-0.3, -0.25) is 0 Å². The van der Waals surface area contributed by atoms with Crippen LogP contribution in [0.1, 0.15) is 40.0 Å². The molecule has 0 spiro atoms. The maximum absolute atomic E-state index is 2.55. The van der Waals surface area contributed by atoms with Gasteiger partial charge in [0.1, 0.15) is 0 Å². The second kappa shape index (κ2) is 5.99. The van der Waals surface area contributed by atoms with Crippen molar-refractivity contribution in [2.24, 2.45) is 11.3 Å². The van der Waals surface area contributed by atoms with Crippen molar-refractivity contribution >= 4 is 16.5 Å². The van der Waals surface area contributed by atoms with Crippen molar-refractivity contribution in [2.45, 2.75) is 40.0 Å². The van der Waals surface area contributed by atoms with Crippen LogP contribution in [-0.4, -0.2) is 0 Å². The molecule has 1 heteroatoms. The Morgan fingerprint density at radius 2 is 1.81 bits per heavy atom. The number of rotatable bonds is 1. The van der Waals surface area contributed by atoms with Crippen LogP contribution in [0.2, 0.25) is 0 Å². The second-order valence-electron chi connectivity index (χ2n) is 8.95. The predicted molar refractivity (Wildman–Crippen MR) is 116 cm³/mol. The summed E-state index contributed by atoms with van der Waals surface area (Å²) in [4.78, 5) is 2.55. The molecule has 0 saturated carbocycles. The van der Waals surface area contributed by atoms with Gasteiger partial charge in [-0.1, -0.05) is 69.3 Å². The third-order valence-electron chi connectivity index (χ3n) is 6.21. The fraction of sp³-hybridized carbons (Fsp3) is 0.308. The third-order valence-corrected chi connectivity index (χ3v) is 6.21. The average Bonchev–Trinajstić information content (AvgIpc) is 3.00. The fourth-order valence-electron chi connectivity index (χ4n) is 4.80. The predicted octanol–water partition coefficient (Wildman–Crippen LogP) is 7.14. The summed E-state index contributed by atoms with van der Waals surface area (Å²) in [6.45, 7) is 6.96. The molecule has 5 rings (SSSR count). The topological polar surface area (TPSA) is 3.24 Å². The highest BCUT2D eigenvalue weighted by atomic mass is 15.2. The standard InChI is InChI=1S/C26H27N/c1-26(2,3)19-15-16-22-21-12-6-7-13-24(21)27(25(22)17-19)23-14-8-10-18-9-4-5-11-20(18)23/h4-5,7-11,13-15,17,22H,6,12,16H2,1-3H3. The number of benzene rings is 2. The molecular formula is C26H27N. The lowest BCUT2D eigenvalue weighted by Crippen LogP contribution is -2.22. The second-order valence-corrected chi connectivity index (χ2v) is 8.95. The lowest BCUT2D eigenvalue weighted by Gasteiger charge is -2.31. The van der Waals surface area contributed by atoms with Gasteiger partial charge in [0, 0.05) is 22.7 Å². The van der Waals surface area contributed by atoms with E-state index in [1.54, 1.807) is 5.57 Å². The van der Waals surface area contributed by atoms with Crippen molar-refractivity contribution < 1.29 is 0 Å². The molecule has 2 aliphatic carbocycles. The molecule has 1 atom stereocenters. The first-order chi connectivity index (χ1) is 13.0. The summed E-state index contributed by atoms with van der Waals surface area (Å²) in [5.41, 5.74) is 7.47. The van der Waals surface area contributed by atoms with Crippen molar-refractivity contribution in [3.63, 3.8) is 0 Å². The molecule has 0 amide bonds. The Labute approximate surface area is 162 Å². The van der Waals surface area contributed by atoms with E-state index in [-0.39, 0.29) is 5.41 Å². The van der Waals surface area contributed by atoms with E-state index in [0.29, 0.717) is 5.92 Å². The Kier molecular flexibility index (Phi) is 3.69. The largest absolute Gasteiger partial charge is 0.313 e. The summed E-state index contributed by atoms with van der Waals surface area (Å²) in [7, 11) is 0. The van der Waals surface area contributed by atoms with E-state index >= 15 is 0 Å². The fourth-order valence-corrected chi connectivity index (χ4v) is 4.80. The highest BCUT2D eigenvalue weighted by Gasteiger charge is 2.38. The molecule has 27 heavy (non-hydrogen) atoms. The number of hydrogen-bond acceptors (Lipinski definition) is 1. The molecular weight excluding hydrogens is 326 g/mol. The molecule has 0 radical (unpaired) electrons. The molecule has 3 aliphatic rings. The molecule has 1 aliphatic heterocycles. The van der Waals surface area contributed by atoms with Crippen LogP contribution in [0, 0.1) is 11.3 Å². The van der Waals surface area contributed by atoms with Crippen LogP contribution in [0.25, 0.3) is 10.8 Å². The number of anilines is 1. The van der Waals surface area contributed by atoms with Gasteiger partial charge in [0.2, 0.25) is 0 Å². The summed E-state index contributed by atoms with van der Waals surface area (Å²) < 4.78 is 0. The Morgan fingerprint density at radius 3 is 2.67 bits per heavy atom. The molecule has 1 unspecified atom stereocenters. The molecule has 0 bridgehead atoms. The molecule has 1 nitrogen and oxygen atoms in total. The van der Waals surface area contributed by atoms with E-state index in [0.717, 1.165) is 6.42 Å². The van der Waals surface area contributed by atoms with Crippen LogP contribution >= 0.6 is 0 Å². The minimum absolute atomic E-state index is 0.182. The normalized spacial score (nSPS) is 21.9. The van der Waals surface area contributed by atoms with Crippen molar-refractivity contribution in [3.05, 3.63) is 89.3 Å². The minimum atomic E-state index is 0.182. The van der Waals surface area contributed by atoms with Crippen LogP contribution in [0.4, 0.5) is 5.69 Å². The van der Waals surface area contributed by atoms with Gasteiger partial charge >= 0.3 is 0 Å². The van der Waals surface area contributed by atoms with Crippen molar-refractivity contribution in [3.8, 4) is 0 Å². The third kappa shape index (κ3) is 2.60. The van der Waals surface area contributed by atoms with E-state index in [1.165, 1.54) is 46.3 Å². The van der Waals surface area contributed by atoms with Crippen LogP contribution in [0.3, 0.4) is 0 Å².